The molecule has 0 aromatic heterocycles. The molecule has 0 aliphatic carbocycles. The van der Waals surface area contributed by atoms with Crippen LogP contribution < -0.4 is 5.32 Å². The zero-order valence-electron chi connectivity index (χ0n) is 11.9. The van der Waals surface area contributed by atoms with E-state index in [1.165, 1.54) is 30.3 Å². The molecule has 0 spiro atoms. The minimum Gasteiger partial charge on any atom is -0.322 e. The number of anilines is 1. The zero-order chi connectivity index (χ0) is 16.1. The lowest BCUT2D eigenvalue weighted by Crippen LogP contribution is -2.30. The lowest BCUT2D eigenvalue weighted by Gasteiger charge is -2.16. The van der Waals surface area contributed by atoms with E-state index in [0.717, 1.165) is 5.56 Å². The predicted molar refractivity (Wildman–Crippen MR) is 82.8 cm³/mol. The molecule has 0 saturated heterocycles. The van der Waals surface area contributed by atoms with Crippen molar-refractivity contribution in [2.24, 2.45) is 0 Å². The fourth-order valence-electron chi connectivity index (χ4n) is 1.99. The Kier molecular flexibility index (Phi) is 5.46. The fraction of sp³-hybridized carbons (Fsp3) is 0.188. The maximum absolute atomic E-state index is 13.5. The number of carbonyl (C=O) groups is 1. The van der Waals surface area contributed by atoms with Gasteiger partial charge in [-0.3, -0.25) is 9.69 Å². The summed E-state index contributed by atoms with van der Waals surface area (Å²) in [6.07, 6.45) is 0. The van der Waals surface area contributed by atoms with Crippen molar-refractivity contribution < 1.29 is 13.6 Å². The Morgan fingerprint density at radius 1 is 1.18 bits per heavy atom. The second kappa shape index (κ2) is 7.33. The maximum atomic E-state index is 13.5. The molecule has 3 nitrogen and oxygen atoms in total. The highest BCUT2D eigenvalue weighted by atomic mass is 35.5. The summed E-state index contributed by atoms with van der Waals surface area (Å²) < 4.78 is 26.4. The average Bonchev–Trinajstić information content (AvgIpc) is 2.45. The van der Waals surface area contributed by atoms with Crippen LogP contribution in [0.4, 0.5) is 14.5 Å². The van der Waals surface area contributed by atoms with Gasteiger partial charge in [0.15, 0.2) is 0 Å². The summed E-state index contributed by atoms with van der Waals surface area (Å²) in [5.41, 5.74) is 0.929. The largest absolute Gasteiger partial charge is 0.322 e. The van der Waals surface area contributed by atoms with Crippen molar-refractivity contribution in [1.82, 2.24) is 4.90 Å². The third kappa shape index (κ3) is 4.79. The number of benzene rings is 2. The van der Waals surface area contributed by atoms with Gasteiger partial charge in [-0.2, -0.15) is 0 Å². The summed E-state index contributed by atoms with van der Waals surface area (Å²) in [6.45, 7) is 0.551. The molecule has 6 heteroatoms. The van der Waals surface area contributed by atoms with E-state index in [9.17, 15) is 13.6 Å². The normalized spacial score (nSPS) is 10.8. The Bertz CT molecular complexity index is 662. The molecular weight excluding hydrogens is 310 g/mol. The van der Waals surface area contributed by atoms with Gasteiger partial charge in [0.2, 0.25) is 5.91 Å². The van der Waals surface area contributed by atoms with E-state index in [4.69, 9.17) is 11.6 Å². The minimum atomic E-state index is -0.543. The Hall–Kier alpha value is -1.98. The number of nitrogens with zero attached hydrogens (tertiary/aromatic N) is 1. The van der Waals surface area contributed by atoms with Crippen LogP contribution in [0.2, 0.25) is 5.02 Å². The molecule has 0 bridgehead atoms. The number of rotatable bonds is 5. The topological polar surface area (TPSA) is 32.3 Å². The van der Waals surface area contributed by atoms with Gasteiger partial charge in [0.05, 0.1) is 12.2 Å². The molecule has 0 unspecified atom stereocenters. The number of nitrogens with one attached hydrogen (secondary N) is 1. The van der Waals surface area contributed by atoms with E-state index in [-0.39, 0.29) is 24.0 Å². The first-order valence-electron chi connectivity index (χ1n) is 6.62. The zero-order valence-corrected chi connectivity index (χ0v) is 12.7. The monoisotopic (exact) mass is 324 g/mol. The van der Waals surface area contributed by atoms with Crippen molar-refractivity contribution in [3.63, 3.8) is 0 Å². The van der Waals surface area contributed by atoms with Gasteiger partial charge in [0.25, 0.3) is 0 Å². The smallest absolute Gasteiger partial charge is 0.238 e. The molecule has 0 heterocycles. The summed E-state index contributed by atoms with van der Waals surface area (Å²) in [5.74, 6) is -1.20. The molecule has 2 aromatic carbocycles. The van der Waals surface area contributed by atoms with Gasteiger partial charge in [-0.15, -0.1) is 0 Å². The van der Waals surface area contributed by atoms with Crippen LogP contribution in [-0.2, 0) is 11.3 Å². The van der Waals surface area contributed by atoms with Crippen LogP contribution in [0.25, 0.3) is 0 Å². The Labute approximate surface area is 132 Å². The molecule has 0 fully saturated rings. The van der Waals surface area contributed by atoms with Crippen LogP contribution >= 0.6 is 11.6 Å². The van der Waals surface area contributed by atoms with Crippen LogP contribution in [0.5, 0.6) is 0 Å². The number of hydrogen-bond donors (Lipinski definition) is 1. The van der Waals surface area contributed by atoms with E-state index in [1.54, 1.807) is 24.1 Å². The van der Waals surface area contributed by atoms with Gasteiger partial charge in [-0.1, -0.05) is 23.7 Å². The van der Waals surface area contributed by atoms with Gasteiger partial charge in [0.1, 0.15) is 11.6 Å². The number of carbonyl (C=O) groups excluding carboxylic acids is 1. The Morgan fingerprint density at radius 2 is 1.86 bits per heavy atom. The second-order valence-corrected chi connectivity index (χ2v) is 5.41. The molecule has 22 heavy (non-hydrogen) atoms. The number of halogens is 3. The number of likely N-dealkylation sites (N-methyl/N-ethyl adjacent to an activating group) is 1. The summed E-state index contributed by atoms with van der Waals surface area (Å²) in [7, 11) is 1.75. The summed E-state index contributed by atoms with van der Waals surface area (Å²) >= 11 is 5.77. The molecule has 0 atom stereocenters. The molecule has 0 radical (unpaired) electrons. The molecular formula is C16H15ClF2N2O. The van der Waals surface area contributed by atoms with E-state index in [2.05, 4.69) is 5.32 Å². The maximum Gasteiger partial charge on any atom is 0.238 e. The summed E-state index contributed by atoms with van der Waals surface area (Å²) in [4.78, 5) is 13.6. The molecule has 2 rings (SSSR count). The van der Waals surface area contributed by atoms with Gasteiger partial charge in [-0.05, 0) is 42.9 Å². The second-order valence-electron chi connectivity index (χ2n) is 4.97. The third-order valence-electron chi connectivity index (χ3n) is 2.98. The van der Waals surface area contributed by atoms with Crippen molar-refractivity contribution in [3.8, 4) is 0 Å². The molecule has 0 saturated carbocycles. The third-order valence-corrected chi connectivity index (χ3v) is 3.22. The highest BCUT2D eigenvalue weighted by Gasteiger charge is 2.10. The molecule has 2 aromatic rings. The Morgan fingerprint density at radius 3 is 2.55 bits per heavy atom. The standard InChI is InChI=1S/C16H15ClF2N2O/c1-21(9-11-2-5-13(18)6-3-11)10-16(22)20-15-8-12(17)4-7-14(15)19/h2-8H,9-10H2,1H3,(H,20,22). The van der Waals surface area contributed by atoms with Crippen molar-refractivity contribution in [1.29, 1.82) is 0 Å². The average molecular weight is 325 g/mol. The quantitative estimate of drug-likeness (QED) is 0.909. The number of hydrogen-bond acceptors (Lipinski definition) is 2. The van der Waals surface area contributed by atoms with Crippen molar-refractivity contribution in [2.75, 3.05) is 18.9 Å². The SMILES string of the molecule is CN(CC(=O)Nc1cc(Cl)ccc1F)Cc1ccc(F)cc1. The van der Waals surface area contributed by atoms with E-state index >= 15 is 0 Å². The van der Waals surface area contributed by atoms with Crippen molar-refractivity contribution in [3.05, 3.63) is 64.7 Å². The van der Waals surface area contributed by atoms with Gasteiger partial charge >= 0.3 is 0 Å². The summed E-state index contributed by atoms with van der Waals surface area (Å²) in [5, 5.41) is 2.82. The van der Waals surface area contributed by atoms with Gasteiger partial charge in [0, 0.05) is 11.6 Å². The molecule has 0 aliphatic heterocycles. The number of amides is 1. The van der Waals surface area contributed by atoms with Crippen molar-refractivity contribution in [2.45, 2.75) is 6.54 Å². The highest BCUT2D eigenvalue weighted by Crippen LogP contribution is 2.19. The van der Waals surface area contributed by atoms with Crippen LogP contribution in [0.15, 0.2) is 42.5 Å². The van der Waals surface area contributed by atoms with Crippen LogP contribution in [0.3, 0.4) is 0 Å². The van der Waals surface area contributed by atoms with Crippen LogP contribution in [-0.4, -0.2) is 24.4 Å². The van der Waals surface area contributed by atoms with Crippen molar-refractivity contribution >= 4 is 23.2 Å². The lowest BCUT2D eigenvalue weighted by atomic mass is 10.2. The first kappa shape index (κ1) is 16.4. The van der Waals surface area contributed by atoms with Crippen LogP contribution in [0, 0.1) is 11.6 Å². The molecule has 1 N–H and O–H groups in total. The van der Waals surface area contributed by atoms with Gasteiger partial charge in [-0.25, -0.2) is 8.78 Å². The minimum absolute atomic E-state index is 0.0488. The lowest BCUT2D eigenvalue weighted by molar-refractivity contribution is -0.117. The first-order chi connectivity index (χ1) is 10.4. The highest BCUT2D eigenvalue weighted by molar-refractivity contribution is 6.30. The molecule has 0 aliphatic rings. The fourth-order valence-corrected chi connectivity index (χ4v) is 2.16. The molecule has 1 amide bonds. The summed E-state index contributed by atoms with van der Waals surface area (Å²) in [6, 6.07) is 10.00. The Balaban J connectivity index is 1.91. The van der Waals surface area contributed by atoms with E-state index < -0.39 is 5.82 Å². The first-order valence-corrected chi connectivity index (χ1v) is 7.00. The van der Waals surface area contributed by atoms with Gasteiger partial charge < -0.3 is 5.32 Å². The molecule has 116 valence electrons. The van der Waals surface area contributed by atoms with E-state index in [0.29, 0.717) is 11.6 Å². The predicted octanol–water partition coefficient (Wildman–Crippen LogP) is 3.69. The van der Waals surface area contributed by atoms with Crippen LogP contribution in [0.1, 0.15) is 5.56 Å². The van der Waals surface area contributed by atoms with E-state index in [1.807, 2.05) is 0 Å².